The third-order valence-electron chi connectivity index (χ3n) is 2.96. The first-order chi connectivity index (χ1) is 10.7. The standard InChI is InChI=1S/C15H12N2O4S/c1-19-10-5-9(15(18)20-2)6-11(7-10)21-14-13-12(3-4-22-13)16-8-17-14/h3-8H,1-2H3. The van der Waals surface area contributed by atoms with Gasteiger partial charge in [-0.1, -0.05) is 0 Å². The largest absolute Gasteiger partial charge is 0.497 e. The number of hydrogen-bond acceptors (Lipinski definition) is 7. The molecule has 0 saturated carbocycles. The van der Waals surface area contributed by atoms with E-state index in [-0.39, 0.29) is 0 Å². The van der Waals surface area contributed by atoms with Crippen LogP contribution >= 0.6 is 11.3 Å². The summed E-state index contributed by atoms with van der Waals surface area (Å²) in [4.78, 5) is 20.0. The van der Waals surface area contributed by atoms with Gasteiger partial charge in [0.2, 0.25) is 5.88 Å². The molecule has 3 rings (SSSR count). The van der Waals surface area contributed by atoms with E-state index in [1.807, 2.05) is 11.4 Å². The van der Waals surface area contributed by atoms with Crippen molar-refractivity contribution in [1.29, 1.82) is 0 Å². The van der Waals surface area contributed by atoms with Crippen LogP contribution in [0.2, 0.25) is 0 Å². The number of ether oxygens (including phenoxy) is 3. The fourth-order valence-corrected chi connectivity index (χ4v) is 2.70. The maximum atomic E-state index is 11.7. The number of rotatable bonds is 4. The molecule has 0 spiro atoms. The van der Waals surface area contributed by atoms with Crippen LogP contribution in [0.5, 0.6) is 17.4 Å². The van der Waals surface area contributed by atoms with Crippen LogP contribution in [0.1, 0.15) is 10.4 Å². The molecular weight excluding hydrogens is 304 g/mol. The monoisotopic (exact) mass is 316 g/mol. The lowest BCUT2D eigenvalue weighted by Gasteiger charge is -2.09. The lowest BCUT2D eigenvalue weighted by atomic mass is 10.2. The van der Waals surface area contributed by atoms with Gasteiger partial charge in [-0.2, -0.15) is 0 Å². The average Bonchev–Trinajstić information content (AvgIpc) is 3.03. The van der Waals surface area contributed by atoms with Crippen molar-refractivity contribution in [3.05, 3.63) is 41.5 Å². The second-order valence-electron chi connectivity index (χ2n) is 4.30. The van der Waals surface area contributed by atoms with Gasteiger partial charge < -0.3 is 14.2 Å². The molecule has 1 aromatic carbocycles. The molecule has 0 saturated heterocycles. The molecule has 0 aliphatic carbocycles. The van der Waals surface area contributed by atoms with Crippen molar-refractivity contribution < 1.29 is 19.0 Å². The van der Waals surface area contributed by atoms with Crippen LogP contribution in [-0.2, 0) is 4.74 Å². The molecule has 3 aromatic rings. The van der Waals surface area contributed by atoms with E-state index in [0.29, 0.717) is 22.9 Å². The minimum Gasteiger partial charge on any atom is -0.497 e. The molecule has 112 valence electrons. The Hall–Kier alpha value is -2.67. The van der Waals surface area contributed by atoms with Crippen molar-refractivity contribution in [3.8, 4) is 17.4 Å². The first-order valence-corrected chi connectivity index (χ1v) is 7.22. The van der Waals surface area contributed by atoms with Crippen molar-refractivity contribution in [2.45, 2.75) is 0 Å². The van der Waals surface area contributed by atoms with Crippen LogP contribution in [0.3, 0.4) is 0 Å². The van der Waals surface area contributed by atoms with Crippen LogP contribution in [0, 0.1) is 0 Å². The zero-order valence-corrected chi connectivity index (χ0v) is 12.7. The summed E-state index contributed by atoms with van der Waals surface area (Å²) < 4.78 is 16.5. The molecular formula is C15H12N2O4S. The quantitative estimate of drug-likeness (QED) is 0.688. The predicted molar refractivity (Wildman–Crippen MR) is 81.8 cm³/mol. The van der Waals surface area contributed by atoms with Gasteiger partial charge in [-0.15, -0.1) is 11.3 Å². The minimum atomic E-state index is -0.465. The summed E-state index contributed by atoms with van der Waals surface area (Å²) in [6.45, 7) is 0. The molecule has 2 aromatic heterocycles. The van der Waals surface area contributed by atoms with Crippen molar-refractivity contribution >= 4 is 27.5 Å². The highest BCUT2D eigenvalue weighted by atomic mass is 32.1. The summed E-state index contributed by atoms with van der Waals surface area (Å²) in [6.07, 6.45) is 1.44. The SMILES string of the molecule is COC(=O)c1cc(OC)cc(Oc2ncnc3ccsc23)c1. The lowest BCUT2D eigenvalue weighted by molar-refractivity contribution is 0.0600. The Labute approximate surface area is 130 Å². The van der Waals surface area contributed by atoms with Gasteiger partial charge in [-0.25, -0.2) is 14.8 Å². The van der Waals surface area contributed by atoms with E-state index in [9.17, 15) is 4.79 Å². The van der Waals surface area contributed by atoms with Crippen molar-refractivity contribution in [1.82, 2.24) is 9.97 Å². The highest BCUT2D eigenvalue weighted by molar-refractivity contribution is 7.17. The van der Waals surface area contributed by atoms with Crippen LogP contribution in [0.4, 0.5) is 0 Å². The summed E-state index contributed by atoms with van der Waals surface area (Å²) in [5.74, 6) is 0.902. The highest BCUT2D eigenvalue weighted by Crippen LogP contribution is 2.32. The lowest BCUT2D eigenvalue weighted by Crippen LogP contribution is -2.02. The summed E-state index contributed by atoms with van der Waals surface area (Å²) in [5.41, 5.74) is 1.15. The van der Waals surface area contributed by atoms with Gasteiger partial charge in [0.05, 0.1) is 25.3 Å². The van der Waals surface area contributed by atoms with Gasteiger partial charge >= 0.3 is 5.97 Å². The summed E-state index contributed by atoms with van der Waals surface area (Å²) >= 11 is 1.49. The van der Waals surface area contributed by atoms with E-state index in [1.54, 1.807) is 18.2 Å². The number of thiophene rings is 1. The maximum absolute atomic E-state index is 11.7. The smallest absolute Gasteiger partial charge is 0.338 e. The van der Waals surface area contributed by atoms with Gasteiger partial charge in [-0.3, -0.25) is 0 Å². The second kappa shape index (κ2) is 5.98. The Morgan fingerprint density at radius 2 is 1.95 bits per heavy atom. The van der Waals surface area contributed by atoms with Crippen LogP contribution < -0.4 is 9.47 Å². The molecule has 0 N–H and O–H groups in total. The Morgan fingerprint density at radius 3 is 2.73 bits per heavy atom. The van der Waals surface area contributed by atoms with E-state index >= 15 is 0 Å². The van der Waals surface area contributed by atoms with Gasteiger partial charge in [0, 0.05) is 6.07 Å². The molecule has 0 amide bonds. The summed E-state index contributed by atoms with van der Waals surface area (Å²) in [6, 6.07) is 6.73. The fraction of sp³-hybridized carbons (Fsp3) is 0.133. The van der Waals surface area contributed by atoms with Crippen molar-refractivity contribution in [2.24, 2.45) is 0 Å². The number of methoxy groups -OCH3 is 2. The van der Waals surface area contributed by atoms with E-state index in [4.69, 9.17) is 14.2 Å². The zero-order chi connectivity index (χ0) is 15.5. The molecule has 7 heteroatoms. The Morgan fingerprint density at radius 1 is 1.14 bits per heavy atom. The number of fused-ring (bicyclic) bond motifs is 1. The number of carbonyl (C=O) groups is 1. The Kier molecular flexibility index (Phi) is 3.88. The summed E-state index contributed by atoms with van der Waals surface area (Å²) in [5, 5.41) is 1.91. The molecule has 0 atom stereocenters. The molecule has 6 nitrogen and oxygen atoms in total. The molecule has 0 aliphatic heterocycles. The Bertz CT molecular complexity index is 831. The molecule has 0 radical (unpaired) electrons. The molecule has 0 bridgehead atoms. The average molecular weight is 316 g/mol. The van der Waals surface area contributed by atoms with E-state index in [0.717, 1.165) is 10.2 Å². The third kappa shape index (κ3) is 2.71. The van der Waals surface area contributed by atoms with Gasteiger partial charge in [-0.05, 0) is 23.6 Å². The minimum absolute atomic E-state index is 0.341. The van der Waals surface area contributed by atoms with E-state index < -0.39 is 5.97 Å². The number of nitrogens with zero attached hydrogens (tertiary/aromatic N) is 2. The first-order valence-electron chi connectivity index (χ1n) is 6.34. The summed E-state index contributed by atoms with van der Waals surface area (Å²) in [7, 11) is 2.84. The van der Waals surface area contributed by atoms with Crippen LogP contribution in [0.15, 0.2) is 36.0 Å². The third-order valence-corrected chi connectivity index (χ3v) is 3.85. The highest BCUT2D eigenvalue weighted by Gasteiger charge is 2.13. The van der Waals surface area contributed by atoms with Crippen molar-refractivity contribution in [3.63, 3.8) is 0 Å². The second-order valence-corrected chi connectivity index (χ2v) is 5.22. The normalized spacial score (nSPS) is 10.5. The van der Waals surface area contributed by atoms with Gasteiger partial charge in [0.15, 0.2) is 0 Å². The number of hydrogen-bond donors (Lipinski definition) is 0. The topological polar surface area (TPSA) is 70.5 Å². The Balaban J connectivity index is 2.01. The van der Waals surface area contributed by atoms with Crippen molar-refractivity contribution in [2.75, 3.05) is 14.2 Å². The number of aromatic nitrogens is 2. The number of esters is 1. The maximum Gasteiger partial charge on any atom is 0.338 e. The van der Waals surface area contributed by atoms with Gasteiger partial charge in [0.1, 0.15) is 22.5 Å². The predicted octanol–water partition coefficient (Wildman–Crippen LogP) is 3.28. The molecule has 0 aliphatic rings. The van der Waals surface area contributed by atoms with Crippen LogP contribution in [0.25, 0.3) is 10.2 Å². The zero-order valence-electron chi connectivity index (χ0n) is 11.9. The van der Waals surface area contributed by atoms with E-state index in [2.05, 4.69) is 9.97 Å². The number of carbonyl (C=O) groups excluding carboxylic acids is 1. The molecule has 0 unspecified atom stereocenters. The molecule has 22 heavy (non-hydrogen) atoms. The number of benzene rings is 1. The fourth-order valence-electron chi connectivity index (χ4n) is 1.93. The van der Waals surface area contributed by atoms with Crippen LogP contribution in [-0.4, -0.2) is 30.2 Å². The molecule has 0 fully saturated rings. The van der Waals surface area contributed by atoms with E-state index in [1.165, 1.54) is 31.9 Å². The first kappa shape index (κ1) is 14.3. The molecule has 2 heterocycles. The van der Waals surface area contributed by atoms with Gasteiger partial charge in [0.25, 0.3) is 0 Å².